The summed E-state index contributed by atoms with van der Waals surface area (Å²) in [7, 11) is 0. The molecule has 1 N–H and O–H groups in total. The zero-order valence-electron chi connectivity index (χ0n) is 13.6. The van der Waals surface area contributed by atoms with Crippen LogP contribution in [0.15, 0.2) is 29.8 Å². The van der Waals surface area contributed by atoms with E-state index in [1.54, 1.807) is 24.0 Å². The summed E-state index contributed by atoms with van der Waals surface area (Å²) in [5, 5.41) is 13.9. The number of nitro groups is 1. The zero-order valence-corrected chi connectivity index (χ0v) is 14.5. The SMILES string of the molecule is Cc1nsc(NC(=O)N2CCC(=Cc3ccc([N+](=O)[O-])cc3)CC2)n1. The summed E-state index contributed by atoms with van der Waals surface area (Å²) in [5.74, 6) is 0.646. The number of aromatic nitrogens is 2. The van der Waals surface area contributed by atoms with Gasteiger partial charge in [-0.15, -0.1) is 0 Å². The fraction of sp³-hybridized carbons (Fsp3) is 0.312. The minimum atomic E-state index is -0.409. The van der Waals surface area contributed by atoms with Crippen molar-refractivity contribution >= 4 is 34.5 Å². The number of carbonyl (C=O) groups is 1. The van der Waals surface area contributed by atoms with Crippen LogP contribution in [0.3, 0.4) is 0 Å². The van der Waals surface area contributed by atoms with Crippen molar-refractivity contribution < 1.29 is 9.72 Å². The summed E-state index contributed by atoms with van der Waals surface area (Å²) in [6.45, 7) is 3.03. The maximum absolute atomic E-state index is 12.2. The lowest BCUT2D eigenvalue weighted by Crippen LogP contribution is -2.39. The Morgan fingerprint density at radius 2 is 2.00 bits per heavy atom. The molecule has 0 aliphatic carbocycles. The Balaban J connectivity index is 1.55. The van der Waals surface area contributed by atoms with Crippen LogP contribution in [0.2, 0.25) is 0 Å². The number of piperidine rings is 1. The van der Waals surface area contributed by atoms with Gasteiger partial charge in [-0.3, -0.25) is 15.4 Å². The molecule has 2 amide bonds. The number of likely N-dealkylation sites (tertiary alicyclic amines) is 1. The van der Waals surface area contributed by atoms with Crippen LogP contribution in [-0.2, 0) is 0 Å². The van der Waals surface area contributed by atoms with Crippen molar-refractivity contribution in [2.75, 3.05) is 18.4 Å². The highest BCUT2D eigenvalue weighted by Crippen LogP contribution is 2.22. The van der Waals surface area contributed by atoms with Crippen LogP contribution in [-0.4, -0.2) is 38.3 Å². The molecule has 1 aromatic heterocycles. The van der Waals surface area contributed by atoms with E-state index < -0.39 is 4.92 Å². The normalized spacial score (nSPS) is 14.3. The third kappa shape index (κ3) is 4.38. The maximum atomic E-state index is 12.2. The molecule has 9 heteroatoms. The third-order valence-electron chi connectivity index (χ3n) is 3.91. The highest BCUT2D eigenvalue weighted by Gasteiger charge is 2.20. The minimum Gasteiger partial charge on any atom is -0.324 e. The highest BCUT2D eigenvalue weighted by atomic mass is 32.1. The molecule has 0 bridgehead atoms. The van der Waals surface area contributed by atoms with Crippen LogP contribution in [0, 0.1) is 17.0 Å². The smallest absolute Gasteiger partial charge is 0.323 e. The fourth-order valence-electron chi connectivity index (χ4n) is 2.59. The number of nitrogens with zero attached hydrogens (tertiary/aromatic N) is 4. The molecule has 2 aromatic rings. The van der Waals surface area contributed by atoms with Crippen LogP contribution in [0.1, 0.15) is 24.2 Å². The molecular formula is C16H17N5O3S. The molecule has 1 saturated heterocycles. The van der Waals surface area contributed by atoms with E-state index in [2.05, 4.69) is 14.7 Å². The summed E-state index contributed by atoms with van der Waals surface area (Å²) in [4.78, 5) is 28.4. The summed E-state index contributed by atoms with van der Waals surface area (Å²) in [6, 6.07) is 6.31. The Bertz CT molecular complexity index is 805. The molecule has 0 atom stereocenters. The molecule has 1 aliphatic heterocycles. The number of urea groups is 1. The Morgan fingerprint density at radius 3 is 2.56 bits per heavy atom. The van der Waals surface area contributed by atoms with Gasteiger partial charge in [0.25, 0.3) is 5.69 Å². The molecule has 25 heavy (non-hydrogen) atoms. The van der Waals surface area contributed by atoms with E-state index in [-0.39, 0.29) is 11.7 Å². The monoisotopic (exact) mass is 359 g/mol. The van der Waals surface area contributed by atoms with Gasteiger partial charge in [-0.05, 0) is 37.5 Å². The molecule has 0 unspecified atom stereocenters. The molecule has 0 saturated carbocycles. The standard InChI is InChI=1S/C16H17N5O3S/c1-11-17-15(25-19-11)18-16(22)20-8-6-13(7-9-20)10-12-2-4-14(5-3-12)21(23)24/h2-5,10H,6-9H2,1H3,(H,17,18,19,22). The Morgan fingerprint density at radius 1 is 1.32 bits per heavy atom. The Kier molecular flexibility index (Phi) is 5.03. The van der Waals surface area contributed by atoms with E-state index >= 15 is 0 Å². The van der Waals surface area contributed by atoms with E-state index in [1.165, 1.54) is 29.2 Å². The lowest BCUT2D eigenvalue weighted by atomic mass is 10.0. The zero-order chi connectivity index (χ0) is 17.8. The van der Waals surface area contributed by atoms with E-state index in [9.17, 15) is 14.9 Å². The van der Waals surface area contributed by atoms with Crippen LogP contribution in [0.25, 0.3) is 6.08 Å². The van der Waals surface area contributed by atoms with Crippen LogP contribution < -0.4 is 5.32 Å². The molecule has 0 spiro atoms. The van der Waals surface area contributed by atoms with Gasteiger partial charge >= 0.3 is 6.03 Å². The molecule has 0 radical (unpaired) electrons. The fourth-order valence-corrected chi connectivity index (χ4v) is 3.15. The second-order valence-electron chi connectivity index (χ2n) is 5.72. The maximum Gasteiger partial charge on any atom is 0.323 e. The molecule has 3 rings (SSSR count). The Labute approximate surface area is 148 Å². The first kappa shape index (κ1) is 17.0. The van der Waals surface area contributed by atoms with Crippen LogP contribution in [0.5, 0.6) is 0 Å². The predicted octanol–water partition coefficient (Wildman–Crippen LogP) is 3.47. The highest BCUT2D eigenvalue weighted by molar-refractivity contribution is 7.09. The van der Waals surface area contributed by atoms with Crippen molar-refractivity contribution in [2.24, 2.45) is 0 Å². The van der Waals surface area contributed by atoms with Gasteiger partial charge < -0.3 is 4.90 Å². The summed E-state index contributed by atoms with van der Waals surface area (Å²) < 4.78 is 4.04. The largest absolute Gasteiger partial charge is 0.324 e. The van der Waals surface area contributed by atoms with E-state index in [0.29, 0.717) is 24.0 Å². The van der Waals surface area contributed by atoms with Crippen LogP contribution >= 0.6 is 11.5 Å². The first-order valence-electron chi connectivity index (χ1n) is 7.81. The topological polar surface area (TPSA) is 101 Å². The molecule has 130 valence electrons. The minimum absolute atomic E-state index is 0.0838. The van der Waals surface area contributed by atoms with Crippen LogP contribution in [0.4, 0.5) is 15.6 Å². The quantitative estimate of drug-likeness (QED) is 0.668. The number of rotatable bonds is 3. The second kappa shape index (κ2) is 7.39. The van der Waals surface area contributed by atoms with Crippen molar-refractivity contribution in [2.45, 2.75) is 19.8 Å². The average molecular weight is 359 g/mol. The predicted molar refractivity (Wildman–Crippen MR) is 95.5 cm³/mol. The molecule has 1 aromatic carbocycles. The Hall–Kier alpha value is -2.81. The number of carbonyl (C=O) groups excluding carboxylic acids is 1. The second-order valence-corrected chi connectivity index (χ2v) is 6.47. The van der Waals surface area contributed by atoms with Gasteiger partial charge in [-0.1, -0.05) is 11.6 Å². The van der Waals surface area contributed by atoms with Crippen molar-refractivity contribution in [3.05, 3.63) is 51.3 Å². The first-order valence-corrected chi connectivity index (χ1v) is 8.59. The lowest BCUT2D eigenvalue weighted by molar-refractivity contribution is -0.384. The molecule has 8 nitrogen and oxygen atoms in total. The number of hydrogen-bond donors (Lipinski definition) is 1. The van der Waals surface area contributed by atoms with Crippen molar-refractivity contribution in [1.82, 2.24) is 14.3 Å². The summed E-state index contributed by atoms with van der Waals surface area (Å²) in [5.41, 5.74) is 2.24. The molecule has 2 heterocycles. The third-order valence-corrected chi connectivity index (χ3v) is 4.63. The van der Waals surface area contributed by atoms with Gasteiger partial charge in [-0.25, -0.2) is 9.78 Å². The molecule has 1 aliphatic rings. The number of hydrogen-bond acceptors (Lipinski definition) is 6. The van der Waals surface area contributed by atoms with Gasteiger partial charge in [-0.2, -0.15) is 4.37 Å². The van der Waals surface area contributed by atoms with E-state index in [0.717, 1.165) is 18.4 Å². The average Bonchev–Trinajstić information content (AvgIpc) is 3.01. The van der Waals surface area contributed by atoms with Gasteiger partial charge in [0, 0.05) is 36.8 Å². The van der Waals surface area contributed by atoms with Crippen molar-refractivity contribution in [1.29, 1.82) is 0 Å². The van der Waals surface area contributed by atoms with Gasteiger partial charge in [0.15, 0.2) is 0 Å². The van der Waals surface area contributed by atoms with E-state index in [4.69, 9.17) is 0 Å². The number of amides is 2. The lowest BCUT2D eigenvalue weighted by Gasteiger charge is -2.28. The van der Waals surface area contributed by atoms with Gasteiger partial charge in [0.1, 0.15) is 5.82 Å². The molecule has 1 fully saturated rings. The van der Waals surface area contributed by atoms with Gasteiger partial charge in [0.05, 0.1) is 4.92 Å². The number of aryl methyl sites for hydroxylation is 1. The van der Waals surface area contributed by atoms with Gasteiger partial charge in [0.2, 0.25) is 5.13 Å². The number of non-ortho nitro benzene ring substituents is 1. The van der Waals surface area contributed by atoms with Crippen molar-refractivity contribution in [3.8, 4) is 0 Å². The van der Waals surface area contributed by atoms with E-state index in [1.807, 2.05) is 6.08 Å². The number of nitrogens with one attached hydrogen (secondary N) is 1. The number of nitro benzene ring substituents is 1. The number of benzene rings is 1. The molecular weight excluding hydrogens is 342 g/mol. The number of anilines is 1. The van der Waals surface area contributed by atoms with Crippen molar-refractivity contribution in [3.63, 3.8) is 0 Å². The summed E-state index contributed by atoms with van der Waals surface area (Å²) in [6.07, 6.45) is 3.59. The summed E-state index contributed by atoms with van der Waals surface area (Å²) >= 11 is 1.17. The first-order chi connectivity index (χ1) is 12.0.